The topological polar surface area (TPSA) is 43.8 Å². The van der Waals surface area contributed by atoms with Crippen LogP contribution >= 0.6 is 38.9 Å². The summed E-state index contributed by atoms with van der Waals surface area (Å²) in [6, 6.07) is 2.02. The summed E-state index contributed by atoms with van der Waals surface area (Å²) in [7, 11) is 0. The van der Waals surface area contributed by atoms with Crippen LogP contribution in [0.3, 0.4) is 0 Å². The van der Waals surface area contributed by atoms with E-state index in [4.69, 9.17) is 17.3 Å². The number of nitrogens with two attached hydrogens (primary N) is 1. The molecule has 0 aliphatic heterocycles. The van der Waals surface area contributed by atoms with Gasteiger partial charge in [-0.1, -0.05) is 11.6 Å². The number of aryl methyl sites for hydroxylation is 2. The van der Waals surface area contributed by atoms with Crippen molar-refractivity contribution in [3.8, 4) is 0 Å². The Morgan fingerprint density at radius 2 is 2.33 bits per heavy atom. The first kappa shape index (κ1) is 14.1. The van der Waals surface area contributed by atoms with Crippen molar-refractivity contribution >= 4 is 38.9 Å². The van der Waals surface area contributed by atoms with Gasteiger partial charge in [-0.15, -0.1) is 11.3 Å². The van der Waals surface area contributed by atoms with E-state index in [2.05, 4.69) is 34.0 Å². The monoisotopic (exact) mass is 347 g/mol. The number of halogens is 2. The third kappa shape index (κ3) is 2.79. The van der Waals surface area contributed by atoms with Crippen molar-refractivity contribution in [2.45, 2.75) is 32.9 Å². The van der Waals surface area contributed by atoms with Crippen LogP contribution in [-0.2, 0) is 13.0 Å². The molecule has 0 aromatic carbocycles. The molecule has 0 aliphatic rings. The summed E-state index contributed by atoms with van der Waals surface area (Å²) in [5.41, 5.74) is 8.12. The summed E-state index contributed by atoms with van der Waals surface area (Å²) in [4.78, 5) is 1.15. The minimum atomic E-state index is -0.0415. The second-order valence-corrected chi connectivity index (χ2v) is 6.38. The molecule has 3 nitrogen and oxygen atoms in total. The highest BCUT2D eigenvalue weighted by molar-refractivity contribution is 9.10. The molecule has 1 unspecified atom stereocenters. The third-order valence-electron chi connectivity index (χ3n) is 2.82. The van der Waals surface area contributed by atoms with E-state index >= 15 is 0 Å². The smallest absolute Gasteiger partial charge is 0.0847 e. The standard InChI is InChI=1S/C12H15BrClN3S/c1-3-17-10(12(14)7(2)16-17)5-9(15)11-4-8(13)6-18-11/h4,6,9H,3,5,15H2,1-2H3. The van der Waals surface area contributed by atoms with Gasteiger partial charge in [-0.25, -0.2) is 0 Å². The van der Waals surface area contributed by atoms with Crippen molar-refractivity contribution in [3.05, 3.63) is 37.2 Å². The number of hydrogen-bond acceptors (Lipinski definition) is 3. The predicted molar refractivity (Wildman–Crippen MR) is 80.3 cm³/mol. The maximum Gasteiger partial charge on any atom is 0.0847 e. The lowest BCUT2D eigenvalue weighted by molar-refractivity contribution is 0.590. The summed E-state index contributed by atoms with van der Waals surface area (Å²) in [6.07, 6.45) is 0.709. The van der Waals surface area contributed by atoms with Gasteiger partial charge in [0.25, 0.3) is 0 Å². The molecule has 18 heavy (non-hydrogen) atoms. The molecule has 0 aliphatic carbocycles. The molecule has 0 fully saturated rings. The minimum Gasteiger partial charge on any atom is -0.323 e. The molecule has 0 radical (unpaired) electrons. The average molecular weight is 349 g/mol. The molecule has 2 rings (SSSR count). The van der Waals surface area contributed by atoms with Gasteiger partial charge in [0.05, 0.1) is 16.4 Å². The van der Waals surface area contributed by atoms with Gasteiger partial charge in [0, 0.05) is 33.7 Å². The Bertz CT molecular complexity index is 550. The summed E-state index contributed by atoms with van der Waals surface area (Å²) >= 11 is 11.4. The van der Waals surface area contributed by atoms with Crippen LogP contribution in [0.15, 0.2) is 15.9 Å². The molecule has 1 atom stereocenters. The highest BCUT2D eigenvalue weighted by Gasteiger charge is 2.17. The molecular formula is C12H15BrClN3S. The Morgan fingerprint density at radius 3 is 2.89 bits per heavy atom. The Morgan fingerprint density at radius 1 is 1.61 bits per heavy atom. The lowest BCUT2D eigenvalue weighted by atomic mass is 10.1. The summed E-state index contributed by atoms with van der Waals surface area (Å²) in [5, 5.41) is 7.18. The van der Waals surface area contributed by atoms with E-state index in [1.807, 2.05) is 17.0 Å². The summed E-state index contributed by atoms with van der Waals surface area (Å²) < 4.78 is 3.00. The molecule has 0 bridgehead atoms. The van der Waals surface area contributed by atoms with Gasteiger partial charge in [0.2, 0.25) is 0 Å². The van der Waals surface area contributed by atoms with Gasteiger partial charge in [-0.3, -0.25) is 4.68 Å². The second kappa shape index (κ2) is 5.74. The Hall–Kier alpha value is -0.360. The van der Waals surface area contributed by atoms with Gasteiger partial charge in [0.15, 0.2) is 0 Å². The van der Waals surface area contributed by atoms with E-state index in [1.54, 1.807) is 11.3 Å². The average Bonchev–Trinajstić information content (AvgIpc) is 2.88. The largest absolute Gasteiger partial charge is 0.323 e. The number of thiophene rings is 1. The molecule has 2 heterocycles. The van der Waals surface area contributed by atoms with Crippen LogP contribution < -0.4 is 5.73 Å². The lowest BCUT2D eigenvalue weighted by Gasteiger charge is -2.11. The van der Waals surface area contributed by atoms with Gasteiger partial charge in [-0.2, -0.15) is 5.10 Å². The fourth-order valence-corrected chi connectivity index (χ4v) is 3.56. The zero-order valence-electron chi connectivity index (χ0n) is 10.3. The van der Waals surface area contributed by atoms with Crippen LogP contribution in [0.4, 0.5) is 0 Å². The van der Waals surface area contributed by atoms with Crippen molar-refractivity contribution in [1.29, 1.82) is 0 Å². The summed E-state index contributed by atoms with van der Waals surface area (Å²) in [6.45, 7) is 4.79. The van der Waals surface area contributed by atoms with Crippen molar-refractivity contribution in [2.75, 3.05) is 0 Å². The first-order valence-corrected chi connectivity index (χ1v) is 7.79. The Balaban J connectivity index is 2.23. The van der Waals surface area contributed by atoms with E-state index in [9.17, 15) is 0 Å². The molecule has 2 aromatic heterocycles. The fraction of sp³-hybridized carbons (Fsp3) is 0.417. The molecule has 98 valence electrons. The molecule has 6 heteroatoms. The molecule has 2 N–H and O–H groups in total. The molecule has 0 amide bonds. The van der Waals surface area contributed by atoms with Gasteiger partial charge < -0.3 is 5.73 Å². The molecule has 0 spiro atoms. The third-order valence-corrected chi connectivity index (χ3v) is 5.14. The van der Waals surface area contributed by atoms with Crippen molar-refractivity contribution < 1.29 is 0 Å². The first-order valence-electron chi connectivity index (χ1n) is 5.74. The molecular weight excluding hydrogens is 334 g/mol. The van der Waals surface area contributed by atoms with Crippen LogP contribution in [0, 0.1) is 6.92 Å². The van der Waals surface area contributed by atoms with E-state index in [0.717, 1.165) is 32.3 Å². The highest BCUT2D eigenvalue weighted by Crippen LogP contribution is 2.29. The van der Waals surface area contributed by atoms with Gasteiger partial charge in [0.1, 0.15) is 0 Å². The van der Waals surface area contributed by atoms with Crippen LogP contribution in [0.25, 0.3) is 0 Å². The summed E-state index contributed by atoms with van der Waals surface area (Å²) in [5.74, 6) is 0. The maximum absolute atomic E-state index is 6.28. The molecule has 0 saturated heterocycles. The van der Waals surface area contributed by atoms with E-state index < -0.39 is 0 Å². The van der Waals surface area contributed by atoms with Crippen molar-refractivity contribution in [2.24, 2.45) is 5.73 Å². The zero-order valence-corrected chi connectivity index (χ0v) is 13.4. The zero-order chi connectivity index (χ0) is 13.3. The second-order valence-electron chi connectivity index (χ2n) is 4.14. The van der Waals surface area contributed by atoms with Gasteiger partial charge >= 0.3 is 0 Å². The van der Waals surface area contributed by atoms with Crippen LogP contribution in [0.1, 0.15) is 29.2 Å². The first-order chi connectivity index (χ1) is 8.52. The number of nitrogens with zero attached hydrogens (tertiary/aromatic N) is 2. The van der Waals surface area contributed by atoms with Crippen LogP contribution in [-0.4, -0.2) is 9.78 Å². The predicted octanol–water partition coefficient (Wildman–Crippen LogP) is 3.93. The number of rotatable bonds is 4. The van der Waals surface area contributed by atoms with E-state index in [0.29, 0.717) is 6.42 Å². The van der Waals surface area contributed by atoms with Crippen molar-refractivity contribution in [3.63, 3.8) is 0 Å². The SMILES string of the molecule is CCn1nc(C)c(Cl)c1CC(N)c1cc(Br)cs1. The van der Waals surface area contributed by atoms with Gasteiger partial charge in [-0.05, 0) is 35.8 Å². The minimum absolute atomic E-state index is 0.0415. The Labute approximate surface area is 124 Å². The van der Waals surface area contributed by atoms with Crippen LogP contribution in [0.5, 0.6) is 0 Å². The van der Waals surface area contributed by atoms with Crippen LogP contribution in [0.2, 0.25) is 5.02 Å². The lowest BCUT2D eigenvalue weighted by Crippen LogP contribution is -2.15. The quantitative estimate of drug-likeness (QED) is 0.909. The number of aromatic nitrogens is 2. The molecule has 2 aromatic rings. The fourth-order valence-electron chi connectivity index (χ4n) is 1.90. The number of hydrogen-bond donors (Lipinski definition) is 1. The highest BCUT2D eigenvalue weighted by atomic mass is 79.9. The van der Waals surface area contributed by atoms with E-state index in [1.165, 1.54) is 0 Å². The Kier molecular flexibility index (Phi) is 4.48. The molecule has 0 saturated carbocycles. The van der Waals surface area contributed by atoms with Crippen molar-refractivity contribution in [1.82, 2.24) is 9.78 Å². The maximum atomic E-state index is 6.28. The van der Waals surface area contributed by atoms with E-state index in [-0.39, 0.29) is 6.04 Å². The normalized spacial score (nSPS) is 12.9.